The van der Waals surface area contributed by atoms with Crippen molar-refractivity contribution < 1.29 is 13.2 Å². The Bertz CT molecular complexity index is 1380. The number of rotatable bonds is 7. The van der Waals surface area contributed by atoms with E-state index >= 15 is 0 Å². The highest BCUT2D eigenvalue weighted by atomic mass is 32.2. The van der Waals surface area contributed by atoms with Crippen molar-refractivity contribution in [2.75, 3.05) is 4.72 Å². The van der Waals surface area contributed by atoms with Gasteiger partial charge in [-0.15, -0.1) is 11.3 Å². The molecule has 0 aliphatic carbocycles. The number of pyridine rings is 1. The van der Waals surface area contributed by atoms with Gasteiger partial charge in [0.15, 0.2) is 11.7 Å². The molecule has 0 radical (unpaired) electrons. The molecule has 0 saturated heterocycles. The average Bonchev–Trinajstić information content (AvgIpc) is 3.31. The number of hydrogen-bond acceptors (Lipinski definition) is 7. The molecule has 1 unspecified atom stereocenters. The quantitative estimate of drug-likeness (QED) is 0.407. The van der Waals surface area contributed by atoms with Crippen molar-refractivity contribution in [2.45, 2.75) is 10.8 Å². The molecule has 32 heavy (non-hydrogen) atoms. The highest BCUT2D eigenvalue weighted by molar-refractivity contribution is 7.92. The van der Waals surface area contributed by atoms with Crippen LogP contribution in [0.1, 0.15) is 21.3 Å². The maximum atomic E-state index is 12.9. The number of anilines is 1. The van der Waals surface area contributed by atoms with E-state index in [2.05, 4.69) is 14.7 Å². The zero-order valence-electron chi connectivity index (χ0n) is 16.5. The van der Waals surface area contributed by atoms with E-state index < -0.39 is 21.7 Å². The molecule has 7 nitrogen and oxygen atoms in total. The Labute approximate surface area is 189 Å². The van der Waals surface area contributed by atoms with E-state index in [1.54, 1.807) is 41.9 Å². The molecule has 0 saturated carbocycles. The summed E-state index contributed by atoms with van der Waals surface area (Å²) in [5.74, 6) is -1.48. The Kier molecular flexibility index (Phi) is 6.07. The van der Waals surface area contributed by atoms with Gasteiger partial charge in [0, 0.05) is 22.8 Å². The van der Waals surface area contributed by atoms with Gasteiger partial charge in [-0.05, 0) is 48.5 Å². The summed E-state index contributed by atoms with van der Waals surface area (Å²) in [6.45, 7) is 0. The number of carbonyl (C=O) groups is 1. The maximum Gasteiger partial charge on any atom is 0.261 e. The van der Waals surface area contributed by atoms with Crippen molar-refractivity contribution >= 4 is 32.8 Å². The first-order valence-corrected chi connectivity index (χ1v) is 11.8. The SMILES string of the molecule is N#CC(C(=O)c1ccc(NS(=O)(=O)c2ccccc2)cc1)c1nc(-c2ccccn2)cs1. The third kappa shape index (κ3) is 4.56. The van der Waals surface area contributed by atoms with E-state index in [9.17, 15) is 18.5 Å². The first-order valence-electron chi connectivity index (χ1n) is 9.46. The van der Waals surface area contributed by atoms with Gasteiger partial charge in [-0.1, -0.05) is 24.3 Å². The van der Waals surface area contributed by atoms with Crippen molar-refractivity contribution in [1.29, 1.82) is 5.26 Å². The normalized spacial score (nSPS) is 12.0. The second kappa shape index (κ2) is 9.09. The number of Topliss-reactive ketones (excluding diaryl/α,β-unsaturated/α-hetero) is 1. The van der Waals surface area contributed by atoms with Crippen molar-refractivity contribution in [1.82, 2.24) is 9.97 Å². The van der Waals surface area contributed by atoms with Crippen LogP contribution in [0.5, 0.6) is 0 Å². The van der Waals surface area contributed by atoms with Crippen LogP contribution in [-0.4, -0.2) is 24.2 Å². The van der Waals surface area contributed by atoms with Crippen LogP contribution in [0.4, 0.5) is 5.69 Å². The molecule has 2 aromatic carbocycles. The van der Waals surface area contributed by atoms with Crippen molar-refractivity contribution in [3.63, 3.8) is 0 Å². The van der Waals surface area contributed by atoms with E-state index in [-0.39, 0.29) is 10.5 Å². The van der Waals surface area contributed by atoms with E-state index in [0.29, 0.717) is 22.1 Å². The minimum absolute atomic E-state index is 0.136. The molecule has 1 atom stereocenters. The minimum atomic E-state index is -3.74. The van der Waals surface area contributed by atoms with Crippen LogP contribution in [0.15, 0.2) is 89.3 Å². The highest BCUT2D eigenvalue weighted by Gasteiger charge is 2.25. The smallest absolute Gasteiger partial charge is 0.261 e. The van der Waals surface area contributed by atoms with Gasteiger partial charge in [0.2, 0.25) is 0 Å². The molecular weight excluding hydrogens is 444 g/mol. The fourth-order valence-corrected chi connectivity index (χ4v) is 4.89. The summed E-state index contributed by atoms with van der Waals surface area (Å²) in [5, 5.41) is 11.8. The molecule has 4 aromatic rings. The lowest BCUT2D eigenvalue weighted by molar-refractivity contribution is 0.0979. The molecule has 0 aliphatic rings. The number of thiazole rings is 1. The van der Waals surface area contributed by atoms with Gasteiger partial charge in [0.25, 0.3) is 10.0 Å². The Morgan fingerprint density at radius 3 is 2.34 bits per heavy atom. The second-order valence-electron chi connectivity index (χ2n) is 6.71. The molecule has 2 aromatic heterocycles. The van der Waals surface area contributed by atoms with Gasteiger partial charge in [-0.2, -0.15) is 5.26 Å². The van der Waals surface area contributed by atoms with Crippen LogP contribution in [-0.2, 0) is 10.0 Å². The average molecular weight is 461 g/mol. The number of sulfonamides is 1. The third-order valence-electron chi connectivity index (χ3n) is 4.56. The number of nitrogens with zero attached hydrogens (tertiary/aromatic N) is 3. The predicted molar refractivity (Wildman–Crippen MR) is 122 cm³/mol. The van der Waals surface area contributed by atoms with Crippen molar-refractivity contribution in [3.05, 3.63) is 94.9 Å². The van der Waals surface area contributed by atoms with Gasteiger partial charge in [-0.3, -0.25) is 14.5 Å². The minimum Gasteiger partial charge on any atom is -0.292 e. The maximum absolute atomic E-state index is 12.9. The summed E-state index contributed by atoms with van der Waals surface area (Å²) in [6.07, 6.45) is 1.65. The number of nitrogens with one attached hydrogen (secondary N) is 1. The summed E-state index contributed by atoms with van der Waals surface area (Å²) in [7, 11) is -3.74. The number of benzene rings is 2. The summed E-state index contributed by atoms with van der Waals surface area (Å²) < 4.78 is 27.4. The Hall–Kier alpha value is -3.87. The molecule has 4 rings (SSSR count). The van der Waals surface area contributed by atoms with Crippen LogP contribution in [0, 0.1) is 11.3 Å². The standard InChI is InChI=1S/C23H16N4O3S2/c24-14-19(23-26-21(15-31-23)20-8-4-5-13-25-20)22(28)16-9-11-17(12-10-16)27-32(29,30)18-6-2-1-3-7-18/h1-13,15,19,27H. The van der Waals surface area contributed by atoms with Crippen LogP contribution >= 0.6 is 11.3 Å². The summed E-state index contributed by atoms with van der Waals surface area (Å²) in [4.78, 5) is 21.7. The van der Waals surface area contributed by atoms with E-state index in [0.717, 1.165) is 0 Å². The van der Waals surface area contributed by atoms with Gasteiger partial charge >= 0.3 is 0 Å². The molecule has 158 valence electrons. The van der Waals surface area contributed by atoms with Gasteiger partial charge < -0.3 is 0 Å². The molecule has 0 fully saturated rings. The van der Waals surface area contributed by atoms with Crippen molar-refractivity contribution in [2.24, 2.45) is 0 Å². The zero-order chi connectivity index (χ0) is 22.6. The Morgan fingerprint density at radius 2 is 1.69 bits per heavy atom. The van der Waals surface area contributed by atoms with E-state index in [4.69, 9.17) is 0 Å². The molecule has 0 bridgehead atoms. The van der Waals surface area contributed by atoms with Gasteiger partial charge in [0.05, 0.1) is 22.4 Å². The lowest BCUT2D eigenvalue weighted by Crippen LogP contribution is -2.14. The molecule has 0 spiro atoms. The van der Waals surface area contributed by atoms with Crippen LogP contribution in [0.2, 0.25) is 0 Å². The number of aromatic nitrogens is 2. The fraction of sp³-hybridized carbons (Fsp3) is 0.0435. The molecule has 1 N–H and O–H groups in total. The lowest BCUT2D eigenvalue weighted by atomic mass is 9.99. The Morgan fingerprint density at radius 1 is 0.969 bits per heavy atom. The van der Waals surface area contributed by atoms with Crippen LogP contribution < -0.4 is 4.72 Å². The monoisotopic (exact) mass is 460 g/mol. The predicted octanol–water partition coefficient (Wildman–Crippen LogP) is 4.50. The zero-order valence-corrected chi connectivity index (χ0v) is 18.2. The largest absolute Gasteiger partial charge is 0.292 e. The second-order valence-corrected chi connectivity index (χ2v) is 9.28. The molecule has 9 heteroatoms. The summed E-state index contributed by atoms with van der Waals surface area (Å²) >= 11 is 1.22. The van der Waals surface area contributed by atoms with Gasteiger partial charge in [0.1, 0.15) is 5.01 Å². The number of nitriles is 1. The molecular formula is C23H16N4O3S2. The lowest BCUT2D eigenvalue weighted by Gasteiger charge is -2.09. The highest BCUT2D eigenvalue weighted by Crippen LogP contribution is 2.28. The first-order chi connectivity index (χ1) is 15.5. The Balaban J connectivity index is 1.52. The van der Waals surface area contributed by atoms with E-state index in [1.165, 1.54) is 47.7 Å². The van der Waals surface area contributed by atoms with Crippen LogP contribution in [0.3, 0.4) is 0 Å². The first kappa shape index (κ1) is 21.4. The third-order valence-corrected chi connectivity index (χ3v) is 6.87. The fourth-order valence-electron chi connectivity index (χ4n) is 2.96. The van der Waals surface area contributed by atoms with Crippen LogP contribution in [0.25, 0.3) is 11.4 Å². The molecule has 2 heterocycles. The number of hydrogen-bond donors (Lipinski definition) is 1. The molecule has 0 amide bonds. The topological polar surface area (TPSA) is 113 Å². The summed E-state index contributed by atoms with van der Waals surface area (Å²) in [5.41, 5.74) is 1.86. The molecule has 0 aliphatic heterocycles. The van der Waals surface area contributed by atoms with E-state index in [1.807, 2.05) is 12.1 Å². The summed E-state index contributed by atoms with van der Waals surface area (Å²) in [6, 6.07) is 21.4. The number of carbonyl (C=O) groups excluding carboxylic acids is 1. The number of ketones is 1. The van der Waals surface area contributed by atoms with Gasteiger partial charge in [-0.25, -0.2) is 13.4 Å². The van der Waals surface area contributed by atoms with Crippen molar-refractivity contribution in [3.8, 4) is 17.5 Å².